The van der Waals surface area contributed by atoms with Crippen LogP contribution in [0.25, 0.3) is 0 Å². The summed E-state index contributed by atoms with van der Waals surface area (Å²) in [5.74, 6) is 0. The minimum Gasteiger partial charge on any atom is -0.396 e. The molecule has 0 aromatic heterocycles. The highest BCUT2D eigenvalue weighted by atomic mass is 16.3. The molecule has 54 valence electrons. The second-order valence-corrected chi connectivity index (χ2v) is 1.95. The van der Waals surface area contributed by atoms with Crippen molar-refractivity contribution >= 4 is 0 Å². The van der Waals surface area contributed by atoms with E-state index in [2.05, 4.69) is 5.29 Å². The molecule has 0 saturated carbocycles. The van der Waals surface area contributed by atoms with Crippen LogP contribution in [0.2, 0.25) is 0 Å². The molecule has 0 heterocycles. The average molecular weight is 134 g/mol. The number of rotatable bonds is 4. The van der Waals surface area contributed by atoms with E-state index in [9.17, 15) is 4.91 Å². The van der Waals surface area contributed by atoms with Gasteiger partial charge < -0.3 is 10.2 Å². The average Bonchev–Trinajstić information content (AvgIpc) is 1.64. The minimum atomic E-state index is -1.38. The Morgan fingerprint density at radius 2 is 2.33 bits per heavy atom. The molecular weight excluding hydrogens is 124 g/mol. The van der Waals surface area contributed by atoms with Gasteiger partial charge in [0.1, 0.15) is 0 Å². The molecule has 1 atom stereocenters. The molecule has 0 spiro atoms. The number of hydrogen-bond acceptors (Lipinski definition) is 4. The Morgan fingerprint density at radius 1 is 1.78 bits per heavy atom. The van der Waals surface area contributed by atoms with Gasteiger partial charge in [0.15, 0.2) is 5.72 Å². The molecular formula is C4H10N2O3. The van der Waals surface area contributed by atoms with Crippen molar-refractivity contribution < 1.29 is 10.2 Å². The largest absolute Gasteiger partial charge is 0.396 e. The predicted octanol–water partition coefficient (Wildman–Crippen LogP) is -0.652. The Morgan fingerprint density at radius 3 is 2.67 bits per heavy atom. The standard InChI is InChI=1S/C4H10N2O3/c1-4(8,2-3-7)5-6-9/h7-8H,2-3H2,1H3,(H,5,9). The van der Waals surface area contributed by atoms with Crippen LogP contribution in [0.15, 0.2) is 5.29 Å². The van der Waals surface area contributed by atoms with Crippen LogP contribution in [0.4, 0.5) is 0 Å². The molecule has 0 aliphatic rings. The molecule has 0 amide bonds. The van der Waals surface area contributed by atoms with Gasteiger partial charge in [0, 0.05) is 13.0 Å². The zero-order valence-electron chi connectivity index (χ0n) is 5.16. The van der Waals surface area contributed by atoms with Gasteiger partial charge in [-0.25, -0.2) is 5.43 Å². The van der Waals surface area contributed by atoms with E-state index in [0.29, 0.717) is 0 Å². The molecule has 5 nitrogen and oxygen atoms in total. The van der Waals surface area contributed by atoms with Crippen molar-refractivity contribution in [2.45, 2.75) is 19.1 Å². The van der Waals surface area contributed by atoms with Crippen LogP contribution in [0.1, 0.15) is 13.3 Å². The van der Waals surface area contributed by atoms with Crippen molar-refractivity contribution in [1.29, 1.82) is 0 Å². The lowest BCUT2D eigenvalue weighted by atomic mass is 10.2. The Bertz CT molecular complexity index is 93.8. The summed E-state index contributed by atoms with van der Waals surface area (Å²) in [6.07, 6.45) is 0.0821. The van der Waals surface area contributed by atoms with Crippen LogP contribution in [0.3, 0.4) is 0 Å². The van der Waals surface area contributed by atoms with Gasteiger partial charge in [0.2, 0.25) is 0 Å². The summed E-state index contributed by atoms with van der Waals surface area (Å²) in [6, 6.07) is 0. The SMILES string of the molecule is CC(O)(CCO)NN=O. The topological polar surface area (TPSA) is 81.9 Å². The Balaban J connectivity index is 3.55. The molecule has 0 fully saturated rings. The molecule has 5 heteroatoms. The Labute approximate surface area is 52.6 Å². The van der Waals surface area contributed by atoms with Gasteiger partial charge in [0.05, 0.1) is 5.29 Å². The van der Waals surface area contributed by atoms with Crippen LogP contribution in [0.5, 0.6) is 0 Å². The molecule has 0 bridgehead atoms. The van der Waals surface area contributed by atoms with Crippen molar-refractivity contribution in [1.82, 2.24) is 5.43 Å². The van der Waals surface area contributed by atoms with E-state index in [4.69, 9.17) is 10.2 Å². The normalized spacial score (nSPS) is 16.3. The summed E-state index contributed by atoms with van der Waals surface area (Å²) < 4.78 is 0. The summed E-state index contributed by atoms with van der Waals surface area (Å²) in [4.78, 5) is 9.49. The first-order valence-corrected chi connectivity index (χ1v) is 2.55. The summed E-state index contributed by atoms with van der Waals surface area (Å²) in [5.41, 5.74) is 0.509. The number of nitroso groups, excluding NO2 is 1. The number of aliphatic hydroxyl groups excluding tert-OH is 1. The van der Waals surface area contributed by atoms with Crippen LogP contribution in [0, 0.1) is 4.91 Å². The van der Waals surface area contributed by atoms with Gasteiger partial charge in [0.25, 0.3) is 0 Å². The van der Waals surface area contributed by atoms with Gasteiger partial charge in [-0.15, -0.1) is 4.91 Å². The quantitative estimate of drug-likeness (QED) is 0.271. The monoisotopic (exact) mass is 134 g/mol. The van der Waals surface area contributed by atoms with Crippen molar-refractivity contribution in [3.63, 3.8) is 0 Å². The van der Waals surface area contributed by atoms with Gasteiger partial charge in [-0.05, 0) is 6.92 Å². The van der Waals surface area contributed by atoms with E-state index < -0.39 is 5.72 Å². The maximum atomic E-state index is 9.49. The molecule has 1 unspecified atom stereocenters. The summed E-state index contributed by atoms with van der Waals surface area (Å²) in [6.45, 7) is 1.17. The number of hydrogen-bond donors (Lipinski definition) is 3. The number of aliphatic hydroxyl groups is 2. The van der Waals surface area contributed by atoms with Crippen LogP contribution in [-0.2, 0) is 0 Å². The maximum absolute atomic E-state index is 9.49. The van der Waals surface area contributed by atoms with E-state index in [1.807, 2.05) is 5.43 Å². The van der Waals surface area contributed by atoms with Crippen molar-refractivity contribution in [3.05, 3.63) is 4.91 Å². The number of nitrogens with one attached hydrogen (secondary N) is 1. The minimum absolute atomic E-state index is 0.0821. The van der Waals surface area contributed by atoms with E-state index in [1.54, 1.807) is 0 Å². The molecule has 3 N–H and O–H groups in total. The van der Waals surface area contributed by atoms with Gasteiger partial charge in [-0.1, -0.05) is 0 Å². The third-order valence-electron chi connectivity index (χ3n) is 0.885. The summed E-state index contributed by atoms with van der Waals surface area (Å²) in [5, 5.41) is 19.5. The van der Waals surface area contributed by atoms with Crippen LogP contribution >= 0.6 is 0 Å². The summed E-state index contributed by atoms with van der Waals surface area (Å²) >= 11 is 0. The van der Waals surface area contributed by atoms with Crippen LogP contribution in [-0.4, -0.2) is 22.5 Å². The first-order valence-electron chi connectivity index (χ1n) is 2.55. The third-order valence-corrected chi connectivity index (χ3v) is 0.885. The van der Waals surface area contributed by atoms with Crippen molar-refractivity contribution in [2.75, 3.05) is 6.61 Å². The molecule has 0 saturated heterocycles. The van der Waals surface area contributed by atoms with E-state index in [-0.39, 0.29) is 13.0 Å². The van der Waals surface area contributed by atoms with Gasteiger partial charge >= 0.3 is 0 Å². The summed E-state index contributed by atoms with van der Waals surface area (Å²) in [7, 11) is 0. The Hall–Kier alpha value is -0.680. The lowest BCUT2D eigenvalue weighted by Crippen LogP contribution is -2.39. The van der Waals surface area contributed by atoms with Gasteiger partial charge in [-0.3, -0.25) is 0 Å². The lowest BCUT2D eigenvalue weighted by molar-refractivity contribution is 0.00188. The first kappa shape index (κ1) is 8.32. The molecule has 0 radical (unpaired) electrons. The second-order valence-electron chi connectivity index (χ2n) is 1.95. The van der Waals surface area contributed by atoms with E-state index in [1.165, 1.54) is 6.92 Å². The van der Waals surface area contributed by atoms with Gasteiger partial charge in [-0.2, -0.15) is 0 Å². The molecule has 0 aromatic carbocycles. The van der Waals surface area contributed by atoms with E-state index in [0.717, 1.165) is 0 Å². The maximum Gasteiger partial charge on any atom is 0.153 e. The third kappa shape index (κ3) is 3.87. The zero-order chi connectivity index (χ0) is 7.33. The molecule has 0 aliphatic carbocycles. The Kier molecular flexibility index (Phi) is 3.11. The van der Waals surface area contributed by atoms with Crippen molar-refractivity contribution in [2.24, 2.45) is 5.29 Å². The zero-order valence-corrected chi connectivity index (χ0v) is 5.16. The lowest BCUT2D eigenvalue weighted by Gasteiger charge is -2.18. The fraction of sp³-hybridized carbons (Fsp3) is 1.00. The van der Waals surface area contributed by atoms with E-state index >= 15 is 0 Å². The van der Waals surface area contributed by atoms with Crippen LogP contribution < -0.4 is 5.43 Å². The molecule has 0 aromatic rings. The number of nitrogens with zero attached hydrogens (tertiary/aromatic N) is 1. The highest BCUT2D eigenvalue weighted by Crippen LogP contribution is 2.01. The molecule has 9 heavy (non-hydrogen) atoms. The fourth-order valence-corrected chi connectivity index (χ4v) is 0.372. The predicted molar refractivity (Wildman–Crippen MR) is 31.3 cm³/mol. The first-order chi connectivity index (χ1) is 4.12. The molecule has 0 aliphatic heterocycles. The fourth-order valence-electron chi connectivity index (χ4n) is 0.372. The molecule has 0 rings (SSSR count). The smallest absolute Gasteiger partial charge is 0.153 e. The highest BCUT2D eigenvalue weighted by Gasteiger charge is 2.17. The second kappa shape index (κ2) is 3.37. The highest BCUT2D eigenvalue weighted by molar-refractivity contribution is 4.64. The van der Waals surface area contributed by atoms with Crippen molar-refractivity contribution in [3.8, 4) is 0 Å².